The Morgan fingerprint density at radius 1 is 1.19 bits per heavy atom. The first kappa shape index (κ1) is 21.6. The summed E-state index contributed by atoms with van der Waals surface area (Å²) in [5.41, 5.74) is 8.22. The number of methoxy groups -OCH3 is 1. The van der Waals surface area contributed by atoms with Gasteiger partial charge in [-0.25, -0.2) is 0 Å². The van der Waals surface area contributed by atoms with Gasteiger partial charge in [0.25, 0.3) is 5.91 Å². The van der Waals surface area contributed by atoms with Gasteiger partial charge in [0.2, 0.25) is 0 Å². The van der Waals surface area contributed by atoms with E-state index in [9.17, 15) is 4.79 Å². The number of hydrogen-bond donors (Lipinski definition) is 2. The lowest BCUT2D eigenvalue weighted by atomic mass is 10.2. The maximum absolute atomic E-state index is 12.1. The van der Waals surface area contributed by atoms with Gasteiger partial charge >= 0.3 is 0 Å². The predicted molar refractivity (Wildman–Crippen MR) is 117 cm³/mol. The van der Waals surface area contributed by atoms with Crippen LogP contribution in [0.25, 0.3) is 0 Å². The zero-order valence-electron chi connectivity index (χ0n) is 15.0. The van der Waals surface area contributed by atoms with Gasteiger partial charge in [-0.1, -0.05) is 12.1 Å². The van der Waals surface area contributed by atoms with E-state index >= 15 is 0 Å². The maximum Gasteiger partial charge on any atom is 0.262 e. The van der Waals surface area contributed by atoms with Crippen LogP contribution in [0, 0.1) is 0 Å². The molecule has 0 aromatic heterocycles. The maximum atomic E-state index is 12.1. The molecule has 0 spiro atoms. The van der Waals surface area contributed by atoms with E-state index in [-0.39, 0.29) is 24.9 Å². The van der Waals surface area contributed by atoms with Crippen LogP contribution in [-0.2, 0) is 4.79 Å². The average molecular weight is 427 g/mol. The van der Waals surface area contributed by atoms with Crippen molar-refractivity contribution in [1.29, 1.82) is 0 Å². The van der Waals surface area contributed by atoms with E-state index < -0.39 is 0 Å². The quantitative estimate of drug-likeness (QED) is 0.658. The molecule has 27 heavy (non-hydrogen) atoms. The molecule has 5 nitrogen and oxygen atoms in total. The molecule has 1 saturated heterocycles. The number of anilines is 2. The highest BCUT2D eigenvalue weighted by molar-refractivity contribution is 8.16. The molecule has 0 radical (unpaired) electrons. The van der Waals surface area contributed by atoms with Gasteiger partial charge < -0.3 is 20.5 Å². The number of carbonyl (C=O) groups excluding carboxylic acids is 1. The summed E-state index contributed by atoms with van der Waals surface area (Å²) in [5.74, 6) is 3.45. The third-order valence-electron chi connectivity index (χ3n) is 3.86. The van der Waals surface area contributed by atoms with E-state index in [0.29, 0.717) is 27.5 Å². The van der Waals surface area contributed by atoms with Crippen LogP contribution >= 0.6 is 35.9 Å². The number of benzene rings is 2. The largest absolute Gasteiger partial charge is 0.495 e. The first-order valence-electron chi connectivity index (χ1n) is 8.35. The molecule has 0 aliphatic carbocycles. The van der Waals surface area contributed by atoms with Gasteiger partial charge in [0.1, 0.15) is 11.5 Å². The van der Waals surface area contributed by atoms with Gasteiger partial charge in [-0.15, -0.1) is 35.9 Å². The van der Waals surface area contributed by atoms with Crippen LogP contribution in [-0.4, -0.2) is 31.1 Å². The van der Waals surface area contributed by atoms with Crippen molar-refractivity contribution in [3.8, 4) is 11.5 Å². The molecule has 3 rings (SSSR count). The number of ether oxygens (including phenoxy) is 2. The molecule has 0 unspecified atom stereocenters. The molecule has 1 aliphatic heterocycles. The Hall–Kier alpha value is -1.70. The van der Waals surface area contributed by atoms with E-state index in [1.165, 1.54) is 23.5 Å². The lowest BCUT2D eigenvalue weighted by molar-refractivity contribution is -0.118. The van der Waals surface area contributed by atoms with Crippen molar-refractivity contribution in [3.05, 3.63) is 48.0 Å². The number of nitrogen functional groups attached to an aromatic ring is 1. The molecule has 0 saturated carbocycles. The van der Waals surface area contributed by atoms with Crippen LogP contribution < -0.4 is 20.5 Å². The molecule has 8 heteroatoms. The standard InChI is InChI=1S/C19H22N2O3S2.ClH/c1-23-17-8-5-14(11-16(17)20)21-18(22)12-24-15-6-3-13(4-7-15)19-25-9-2-10-26-19;/h3-8,11,19H,2,9-10,12,20H2,1H3,(H,21,22);1H. The minimum absolute atomic E-state index is 0. The predicted octanol–water partition coefficient (Wildman–Crippen LogP) is 4.59. The molecule has 1 aliphatic rings. The molecule has 1 heterocycles. The van der Waals surface area contributed by atoms with Crippen LogP contribution in [0.3, 0.4) is 0 Å². The Morgan fingerprint density at radius 3 is 2.52 bits per heavy atom. The fourth-order valence-electron chi connectivity index (χ4n) is 2.56. The van der Waals surface area contributed by atoms with Crippen molar-refractivity contribution >= 4 is 53.2 Å². The van der Waals surface area contributed by atoms with Gasteiger partial charge in [-0.2, -0.15) is 0 Å². The van der Waals surface area contributed by atoms with Gasteiger partial charge in [0.05, 0.1) is 17.4 Å². The van der Waals surface area contributed by atoms with Gasteiger partial charge in [-0.05, 0) is 53.8 Å². The normalized spacial score (nSPS) is 14.1. The first-order chi connectivity index (χ1) is 12.7. The van der Waals surface area contributed by atoms with E-state index in [0.717, 1.165) is 0 Å². The molecule has 2 aromatic rings. The van der Waals surface area contributed by atoms with Gasteiger partial charge in [0.15, 0.2) is 6.61 Å². The van der Waals surface area contributed by atoms with Crippen molar-refractivity contribution in [2.45, 2.75) is 11.0 Å². The number of carbonyl (C=O) groups is 1. The van der Waals surface area contributed by atoms with Crippen molar-refractivity contribution in [2.75, 3.05) is 36.3 Å². The summed E-state index contributed by atoms with van der Waals surface area (Å²) >= 11 is 3.97. The Balaban J connectivity index is 0.00000261. The number of amides is 1. The zero-order valence-corrected chi connectivity index (χ0v) is 17.4. The zero-order chi connectivity index (χ0) is 18.4. The van der Waals surface area contributed by atoms with Crippen LogP contribution in [0.1, 0.15) is 16.6 Å². The minimum Gasteiger partial charge on any atom is -0.495 e. The summed E-state index contributed by atoms with van der Waals surface area (Å²) in [7, 11) is 1.55. The van der Waals surface area contributed by atoms with Crippen LogP contribution in [0.5, 0.6) is 11.5 Å². The Bertz CT molecular complexity index is 753. The summed E-state index contributed by atoms with van der Waals surface area (Å²) in [4.78, 5) is 12.1. The van der Waals surface area contributed by atoms with Crippen molar-refractivity contribution in [2.24, 2.45) is 0 Å². The molecule has 3 N–H and O–H groups in total. The highest BCUT2D eigenvalue weighted by Crippen LogP contribution is 2.43. The Kier molecular flexibility index (Phi) is 8.47. The van der Waals surface area contributed by atoms with E-state index in [1.54, 1.807) is 25.3 Å². The molecule has 1 amide bonds. The van der Waals surface area contributed by atoms with Crippen LogP contribution in [0.2, 0.25) is 0 Å². The van der Waals surface area contributed by atoms with Gasteiger partial charge in [0, 0.05) is 5.69 Å². The third-order valence-corrected chi connectivity index (χ3v) is 6.88. The molecule has 2 aromatic carbocycles. The molecular weight excluding hydrogens is 404 g/mol. The van der Waals surface area contributed by atoms with E-state index in [4.69, 9.17) is 15.2 Å². The Labute approximate surface area is 174 Å². The topological polar surface area (TPSA) is 73.6 Å². The van der Waals surface area contributed by atoms with Crippen LogP contribution in [0.4, 0.5) is 11.4 Å². The van der Waals surface area contributed by atoms with Crippen molar-refractivity contribution in [3.63, 3.8) is 0 Å². The number of rotatable bonds is 6. The number of nitrogens with one attached hydrogen (secondary N) is 1. The third kappa shape index (κ3) is 6.16. The lowest BCUT2D eigenvalue weighted by Gasteiger charge is -2.21. The van der Waals surface area contributed by atoms with Crippen LogP contribution in [0.15, 0.2) is 42.5 Å². The first-order valence-corrected chi connectivity index (χ1v) is 10.4. The monoisotopic (exact) mass is 426 g/mol. The number of hydrogen-bond acceptors (Lipinski definition) is 6. The smallest absolute Gasteiger partial charge is 0.262 e. The SMILES string of the molecule is COc1ccc(NC(=O)COc2ccc(C3SCCCS3)cc2)cc1N.Cl. The number of nitrogens with two attached hydrogens (primary N) is 1. The summed E-state index contributed by atoms with van der Waals surface area (Å²) < 4.78 is 11.2. The summed E-state index contributed by atoms with van der Waals surface area (Å²) in [5, 5.41) is 2.76. The second-order valence-corrected chi connectivity index (χ2v) is 8.51. The Morgan fingerprint density at radius 2 is 1.89 bits per heavy atom. The van der Waals surface area contributed by atoms with E-state index in [1.807, 2.05) is 35.7 Å². The summed E-state index contributed by atoms with van der Waals surface area (Å²) in [6.07, 6.45) is 1.28. The molecule has 146 valence electrons. The summed E-state index contributed by atoms with van der Waals surface area (Å²) in [6.45, 7) is -0.0573. The van der Waals surface area contributed by atoms with Crippen molar-refractivity contribution < 1.29 is 14.3 Å². The van der Waals surface area contributed by atoms with Crippen molar-refractivity contribution in [1.82, 2.24) is 0 Å². The fourth-order valence-corrected chi connectivity index (χ4v) is 5.45. The lowest BCUT2D eigenvalue weighted by Crippen LogP contribution is -2.20. The molecular formula is C19H23ClN2O3S2. The highest BCUT2D eigenvalue weighted by Gasteiger charge is 2.16. The molecule has 1 fully saturated rings. The van der Waals surface area contributed by atoms with Gasteiger partial charge in [-0.3, -0.25) is 4.79 Å². The van der Waals surface area contributed by atoms with E-state index in [2.05, 4.69) is 17.4 Å². The number of thioether (sulfide) groups is 2. The number of halogens is 1. The summed E-state index contributed by atoms with van der Waals surface area (Å²) in [6, 6.07) is 13.1. The fraction of sp³-hybridized carbons (Fsp3) is 0.316. The molecule has 0 bridgehead atoms. The second-order valence-electron chi connectivity index (χ2n) is 5.79. The second kappa shape index (κ2) is 10.6. The highest BCUT2D eigenvalue weighted by atomic mass is 35.5. The minimum atomic E-state index is -0.239. The molecule has 0 atom stereocenters. The average Bonchev–Trinajstić information content (AvgIpc) is 2.68.